The van der Waals surface area contributed by atoms with Crippen LogP contribution < -0.4 is 5.73 Å². The Morgan fingerprint density at radius 2 is 2.00 bits per heavy atom. The summed E-state index contributed by atoms with van der Waals surface area (Å²) in [5, 5.41) is 4.22. The highest BCUT2D eigenvalue weighted by Crippen LogP contribution is 2.09. The summed E-state index contributed by atoms with van der Waals surface area (Å²) in [5.74, 6) is 0.622. The summed E-state index contributed by atoms with van der Waals surface area (Å²) in [4.78, 5) is 6.54. The number of aromatic nitrogens is 2. The van der Waals surface area contributed by atoms with Gasteiger partial charge in [0.15, 0.2) is 5.96 Å². The van der Waals surface area contributed by atoms with E-state index in [9.17, 15) is 0 Å². The SMILES string of the molecule is NC(=NCCc1ccc(-n2cccn2)cc1)N1CCOCC1. The summed E-state index contributed by atoms with van der Waals surface area (Å²) in [6, 6.07) is 10.3. The normalized spacial score (nSPS) is 16.0. The number of hydrogen-bond acceptors (Lipinski definition) is 3. The highest BCUT2D eigenvalue weighted by molar-refractivity contribution is 5.78. The smallest absolute Gasteiger partial charge is 0.191 e. The van der Waals surface area contributed by atoms with Crippen molar-refractivity contribution in [1.29, 1.82) is 0 Å². The minimum atomic E-state index is 0.622. The maximum absolute atomic E-state index is 6.01. The minimum absolute atomic E-state index is 0.622. The first-order valence-corrected chi connectivity index (χ1v) is 7.54. The van der Waals surface area contributed by atoms with Crippen LogP contribution in [-0.2, 0) is 11.2 Å². The fourth-order valence-electron chi connectivity index (χ4n) is 2.43. The molecule has 1 aromatic carbocycles. The van der Waals surface area contributed by atoms with E-state index in [1.807, 2.05) is 16.9 Å². The zero-order valence-electron chi connectivity index (χ0n) is 12.6. The van der Waals surface area contributed by atoms with Gasteiger partial charge in [-0.25, -0.2) is 4.68 Å². The van der Waals surface area contributed by atoms with Crippen LogP contribution in [0.2, 0.25) is 0 Å². The third-order valence-electron chi connectivity index (χ3n) is 3.71. The first kappa shape index (κ1) is 14.6. The summed E-state index contributed by atoms with van der Waals surface area (Å²) in [7, 11) is 0. The predicted octanol–water partition coefficient (Wildman–Crippen LogP) is 1.06. The number of nitrogens with zero attached hydrogens (tertiary/aromatic N) is 4. The molecule has 0 spiro atoms. The third-order valence-corrected chi connectivity index (χ3v) is 3.71. The van der Waals surface area contributed by atoms with E-state index in [2.05, 4.69) is 39.3 Å². The topological polar surface area (TPSA) is 68.7 Å². The van der Waals surface area contributed by atoms with Gasteiger partial charge in [-0.2, -0.15) is 5.10 Å². The van der Waals surface area contributed by atoms with E-state index < -0.39 is 0 Å². The molecule has 6 nitrogen and oxygen atoms in total. The molecule has 1 aromatic heterocycles. The largest absolute Gasteiger partial charge is 0.378 e. The van der Waals surface area contributed by atoms with Gasteiger partial charge in [-0.1, -0.05) is 12.1 Å². The van der Waals surface area contributed by atoms with Crippen LogP contribution >= 0.6 is 0 Å². The Balaban J connectivity index is 1.53. The lowest BCUT2D eigenvalue weighted by Crippen LogP contribution is -2.44. The van der Waals surface area contributed by atoms with Gasteiger partial charge in [0.25, 0.3) is 0 Å². The second-order valence-corrected chi connectivity index (χ2v) is 5.21. The number of aliphatic imine (C=N–C) groups is 1. The molecular weight excluding hydrogens is 278 g/mol. The van der Waals surface area contributed by atoms with Crippen molar-refractivity contribution >= 4 is 5.96 Å². The van der Waals surface area contributed by atoms with E-state index in [4.69, 9.17) is 10.5 Å². The lowest BCUT2D eigenvalue weighted by molar-refractivity contribution is 0.0674. The summed E-state index contributed by atoms with van der Waals surface area (Å²) < 4.78 is 7.15. The number of morpholine rings is 1. The van der Waals surface area contributed by atoms with Gasteiger partial charge in [-0.15, -0.1) is 0 Å². The van der Waals surface area contributed by atoms with Gasteiger partial charge in [0, 0.05) is 32.0 Å². The zero-order valence-corrected chi connectivity index (χ0v) is 12.6. The molecule has 0 saturated carbocycles. The highest BCUT2D eigenvalue weighted by atomic mass is 16.5. The van der Waals surface area contributed by atoms with E-state index in [0.29, 0.717) is 12.5 Å². The molecule has 0 unspecified atom stereocenters. The third kappa shape index (κ3) is 3.65. The second-order valence-electron chi connectivity index (χ2n) is 5.21. The van der Waals surface area contributed by atoms with Gasteiger partial charge in [0.05, 0.1) is 18.9 Å². The zero-order chi connectivity index (χ0) is 15.2. The van der Waals surface area contributed by atoms with E-state index in [1.165, 1.54) is 5.56 Å². The lowest BCUT2D eigenvalue weighted by Gasteiger charge is -2.27. The van der Waals surface area contributed by atoms with Crippen LogP contribution in [0.15, 0.2) is 47.7 Å². The maximum atomic E-state index is 6.01. The molecule has 1 aliphatic rings. The monoisotopic (exact) mass is 299 g/mol. The Morgan fingerprint density at radius 3 is 2.68 bits per heavy atom. The summed E-state index contributed by atoms with van der Waals surface area (Å²) in [5.41, 5.74) is 8.31. The van der Waals surface area contributed by atoms with Gasteiger partial charge in [-0.05, 0) is 30.2 Å². The molecule has 2 N–H and O–H groups in total. The van der Waals surface area contributed by atoms with Crippen LogP contribution in [0, 0.1) is 0 Å². The number of benzene rings is 1. The summed E-state index contributed by atoms with van der Waals surface area (Å²) in [6.07, 6.45) is 4.59. The van der Waals surface area contributed by atoms with E-state index in [0.717, 1.165) is 38.4 Å². The maximum Gasteiger partial charge on any atom is 0.191 e. The minimum Gasteiger partial charge on any atom is -0.378 e. The number of ether oxygens (including phenoxy) is 1. The molecule has 0 bridgehead atoms. The predicted molar refractivity (Wildman–Crippen MR) is 86.1 cm³/mol. The molecule has 2 heterocycles. The molecule has 2 aromatic rings. The van der Waals surface area contributed by atoms with Crippen molar-refractivity contribution in [2.75, 3.05) is 32.8 Å². The van der Waals surface area contributed by atoms with Crippen molar-refractivity contribution in [3.05, 3.63) is 48.3 Å². The number of guanidine groups is 1. The standard InChI is InChI=1S/C16H21N5O/c17-16(20-10-12-22-13-11-20)18-8-6-14-2-4-15(5-3-14)21-9-1-7-19-21/h1-5,7,9H,6,8,10-13H2,(H2,17,18). The Bertz CT molecular complexity index is 600. The highest BCUT2D eigenvalue weighted by Gasteiger charge is 2.11. The molecule has 22 heavy (non-hydrogen) atoms. The van der Waals surface area contributed by atoms with Crippen LogP contribution in [0.4, 0.5) is 0 Å². The van der Waals surface area contributed by atoms with E-state index >= 15 is 0 Å². The molecule has 1 fully saturated rings. The Morgan fingerprint density at radius 1 is 1.23 bits per heavy atom. The molecule has 0 radical (unpaired) electrons. The number of nitrogens with two attached hydrogens (primary N) is 1. The number of rotatable bonds is 4. The summed E-state index contributed by atoms with van der Waals surface area (Å²) in [6.45, 7) is 3.81. The summed E-state index contributed by atoms with van der Waals surface area (Å²) >= 11 is 0. The molecule has 0 amide bonds. The molecule has 116 valence electrons. The van der Waals surface area contributed by atoms with Gasteiger partial charge < -0.3 is 15.4 Å². The number of hydrogen-bond donors (Lipinski definition) is 1. The first-order chi connectivity index (χ1) is 10.8. The lowest BCUT2D eigenvalue weighted by atomic mass is 10.1. The van der Waals surface area contributed by atoms with Crippen molar-refractivity contribution in [1.82, 2.24) is 14.7 Å². The van der Waals surface area contributed by atoms with Crippen LogP contribution in [0.5, 0.6) is 0 Å². The second kappa shape index (κ2) is 7.09. The van der Waals surface area contributed by atoms with Crippen molar-refractivity contribution in [3.63, 3.8) is 0 Å². The van der Waals surface area contributed by atoms with E-state index in [1.54, 1.807) is 6.20 Å². The van der Waals surface area contributed by atoms with Gasteiger partial charge in [0.1, 0.15) is 0 Å². The van der Waals surface area contributed by atoms with Crippen LogP contribution in [-0.4, -0.2) is 53.5 Å². The van der Waals surface area contributed by atoms with E-state index in [-0.39, 0.29) is 0 Å². The Kier molecular flexibility index (Phi) is 4.70. The molecule has 0 atom stereocenters. The molecule has 6 heteroatoms. The average molecular weight is 299 g/mol. The quantitative estimate of drug-likeness (QED) is 0.677. The Labute approximate surface area is 130 Å². The van der Waals surface area contributed by atoms with Crippen molar-refractivity contribution in [2.45, 2.75) is 6.42 Å². The van der Waals surface area contributed by atoms with Gasteiger partial charge in [-0.3, -0.25) is 4.99 Å². The van der Waals surface area contributed by atoms with Crippen molar-refractivity contribution in [3.8, 4) is 5.69 Å². The molecular formula is C16H21N5O. The van der Waals surface area contributed by atoms with Crippen LogP contribution in [0.1, 0.15) is 5.56 Å². The van der Waals surface area contributed by atoms with Gasteiger partial charge in [0.2, 0.25) is 0 Å². The van der Waals surface area contributed by atoms with Crippen molar-refractivity contribution in [2.24, 2.45) is 10.7 Å². The molecule has 3 rings (SSSR count). The average Bonchev–Trinajstić information content (AvgIpc) is 3.11. The van der Waals surface area contributed by atoms with Gasteiger partial charge >= 0.3 is 0 Å². The van der Waals surface area contributed by atoms with Crippen LogP contribution in [0.3, 0.4) is 0 Å². The molecule has 1 aliphatic heterocycles. The van der Waals surface area contributed by atoms with Crippen LogP contribution in [0.25, 0.3) is 5.69 Å². The fourth-order valence-corrected chi connectivity index (χ4v) is 2.43. The molecule has 1 saturated heterocycles. The van der Waals surface area contributed by atoms with Crippen molar-refractivity contribution < 1.29 is 4.74 Å². The fraction of sp³-hybridized carbons (Fsp3) is 0.375. The molecule has 0 aliphatic carbocycles. The first-order valence-electron chi connectivity index (χ1n) is 7.54. The Hall–Kier alpha value is -2.34.